The van der Waals surface area contributed by atoms with Gasteiger partial charge in [-0.05, 0) is 25.2 Å². The van der Waals surface area contributed by atoms with Gasteiger partial charge in [0.1, 0.15) is 5.25 Å². The van der Waals surface area contributed by atoms with E-state index >= 15 is 0 Å². The summed E-state index contributed by atoms with van der Waals surface area (Å²) < 4.78 is 26.4. The van der Waals surface area contributed by atoms with Crippen molar-refractivity contribution in [3.63, 3.8) is 0 Å². The number of sulfonamides is 1. The van der Waals surface area contributed by atoms with E-state index in [1.54, 1.807) is 4.31 Å². The maximum atomic E-state index is 12.4. The molecular formula is C12H23N3O2S2. The summed E-state index contributed by atoms with van der Waals surface area (Å²) in [4.78, 5) is 2.45. The van der Waals surface area contributed by atoms with E-state index in [1.807, 2.05) is 6.92 Å². The average molecular weight is 305 g/mol. The third kappa shape index (κ3) is 3.65. The van der Waals surface area contributed by atoms with Crippen molar-refractivity contribution in [2.24, 2.45) is 11.7 Å². The molecule has 0 aromatic heterocycles. The Kier molecular flexibility index (Phi) is 4.81. The third-order valence-electron chi connectivity index (χ3n) is 3.95. The molecule has 0 bridgehead atoms. The highest BCUT2D eigenvalue weighted by molar-refractivity contribution is 7.92. The first-order chi connectivity index (χ1) is 8.95. The van der Waals surface area contributed by atoms with Gasteiger partial charge in [0, 0.05) is 32.7 Å². The third-order valence-corrected chi connectivity index (χ3v) is 6.78. The molecule has 0 aromatic rings. The summed E-state index contributed by atoms with van der Waals surface area (Å²) in [6.45, 7) is 5.71. The number of rotatable bonds is 6. The van der Waals surface area contributed by atoms with Crippen LogP contribution in [0.3, 0.4) is 0 Å². The zero-order valence-corrected chi connectivity index (χ0v) is 13.0. The Hall–Kier alpha value is -0.240. The van der Waals surface area contributed by atoms with Crippen LogP contribution in [0, 0.1) is 5.92 Å². The normalized spacial score (nSPS) is 24.3. The van der Waals surface area contributed by atoms with Gasteiger partial charge in [-0.3, -0.25) is 0 Å². The predicted molar refractivity (Wildman–Crippen MR) is 80.5 cm³/mol. The summed E-state index contributed by atoms with van der Waals surface area (Å²) in [5.74, 6) is 0.850. The first-order valence-corrected chi connectivity index (χ1v) is 8.87. The minimum atomic E-state index is -3.37. The molecule has 0 amide bonds. The van der Waals surface area contributed by atoms with Crippen LogP contribution in [-0.4, -0.2) is 60.6 Å². The largest absolute Gasteiger partial charge is 0.392 e. The lowest BCUT2D eigenvalue weighted by Crippen LogP contribution is -2.53. The number of hydrogen-bond acceptors (Lipinski definition) is 4. The van der Waals surface area contributed by atoms with E-state index in [2.05, 4.69) is 4.90 Å². The van der Waals surface area contributed by atoms with E-state index in [0.29, 0.717) is 19.5 Å². The van der Waals surface area contributed by atoms with E-state index in [9.17, 15) is 8.42 Å². The first kappa shape index (κ1) is 15.2. The molecule has 110 valence electrons. The minimum Gasteiger partial charge on any atom is -0.392 e. The molecule has 2 rings (SSSR count). The molecule has 2 aliphatic rings. The zero-order chi connectivity index (χ0) is 14.0. The Bertz CT molecular complexity index is 426. The fourth-order valence-electron chi connectivity index (χ4n) is 2.57. The van der Waals surface area contributed by atoms with Gasteiger partial charge in [0.05, 0.1) is 4.99 Å². The van der Waals surface area contributed by atoms with Crippen molar-refractivity contribution in [1.29, 1.82) is 0 Å². The lowest BCUT2D eigenvalue weighted by atomic mass is 10.3. The van der Waals surface area contributed by atoms with E-state index in [4.69, 9.17) is 18.0 Å². The molecule has 1 heterocycles. The maximum absolute atomic E-state index is 12.4. The van der Waals surface area contributed by atoms with Crippen LogP contribution in [0.4, 0.5) is 0 Å². The highest BCUT2D eigenvalue weighted by atomic mass is 32.2. The van der Waals surface area contributed by atoms with Crippen molar-refractivity contribution in [3.8, 4) is 0 Å². The summed E-state index contributed by atoms with van der Waals surface area (Å²) in [6.07, 6.45) is 3.11. The lowest BCUT2D eigenvalue weighted by molar-refractivity contribution is 0.182. The Labute approximate surface area is 121 Å². The Balaban J connectivity index is 1.93. The second kappa shape index (κ2) is 6.03. The molecule has 1 saturated carbocycles. The number of thiocarbonyl (C=S) groups is 1. The number of nitrogens with zero attached hydrogens (tertiary/aromatic N) is 2. The molecule has 1 aliphatic carbocycles. The van der Waals surface area contributed by atoms with Crippen molar-refractivity contribution >= 4 is 27.2 Å². The fourth-order valence-corrected chi connectivity index (χ4v) is 4.85. The SMILES string of the molecule is CCC(C(N)=S)S(=O)(=O)N1CCN(CC2CC2)CC1. The molecule has 1 atom stereocenters. The number of nitrogens with two attached hydrogens (primary N) is 1. The molecule has 1 aliphatic heterocycles. The van der Waals surface area contributed by atoms with Crippen molar-refractivity contribution in [2.75, 3.05) is 32.7 Å². The molecule has 7 heteroatoms. The molecule has 2 N–H and O–H groups in total. The molecule has 0 aromatic carbocycles. The van der Waals surface area contributed by atoms with Gasteiger partial charge in [0.25, 0.3) is 0 Å². The lowest BCUT2D eigenvalue weighted by Gasteiger charge is -2.35. The Morgan fingerprint density at radius 2 is 1.89 bits per heavy atom. The quantitative estimate of drug-likeness (QED) is 0.720. The Morgan fingerprint density at radius 3 is 2.32 bits per heavy atom. The van der Waals surface area contributed by atoms with Crippen LogP contribution in [0.15, 0.2) is 0 Å². The maximum Gasteiger partial charge on any atom is 0.223 e. The second-order valence-corrected chi connectivity index (χ2v) is 8.07. The molecule has 2 fully saturated rings. The standard InChI is InChI=1S/C12H23N3O2S2/c1-2-11(12(13)18)19(16,17)15-7-5-14(6-8-15)9-10-3-4-10/h10-11H,2-9H2,1H3,(H2,13,18). The zero-order valence-electron chi connectivity index (χ0n) is 11.4. The Morgan fingerprint density at radius 1 is 1.32 bits per heavy atom. The highest BCUT2D eigenvalue weighted by Gasteiger charge is 2.35. The molecule has 5 nitrogen and oxygen atoms in total. The van der Waals surface area contributed by atoms with Crippen LogP contribution < -0.4 is 5.73 Å². The fraction of sp³-hybridized carbons (Fsp3) is 0.917. The topological polar surface area (TPSA) is 66.6 Å². The molecular weight excluding hydrogens is 282 g/mol. The van der Waals surface area contributed by atoms with Gasteiger partial charge in [-0.2, -0.15) is 4.31 Å². The summed E-state index contributed by atoms with van der Waals surface area (Å²) in [5.41, 5.74) is 5.56. The van der Waals surface area contributed by atoms with Gasteiger partial charge in [0.2, 0.25) is 10.0 Å². The van der Waals surface area contributed by atoms with Gasteiger partial charge in [0.15, 0.2) is 0 Å². The minimum absolute atomic E-state index is 0.0860. The van der Waals surface area contributed by atoms with Crippen LogP contribution in [0.25, 0.3) is 0 Å². The summed E-state index contributed by atoms with van der Waals surface area (Å²) >= 11 is 4.88. The average Bonchev–Trinajstić information content (AvgIpc) is 3.13. The van der Waals surface area contributed by atoms with Crippen LogP contribution in [0.2, 0.25) is 0 Å². The predicted octanol–water partition coefficient (Wildman–Crippen LogP) is 0.409. The smallest absolute Gasteiger partial charge is 0.223 e. The van der Waals surface area contributed by atoms with Crippen LogP contribution in [-0.2, 0) is 10.0 Å². The van der Waals surface area contributed by atoms with Crippen LogP contribution >= 0.6 is 12.2 Å². The first-order valence-electron chi connectivity index (χ1n) is 6.95. The van der Waals surface area contributed by atoms with Gasteiger partial charge in [-0.1, -0.05) is 19.1 Å². The molecule has 1 saturated heterocycles. The number of piperazine rings is 1. The van der Waals surface area contributed by atoms with Gasteiger partial charge in [-0.25, -0.2) is 8.42 Å². The monoisotopic (exact) mass is 305 g/mol. The highest BCUT2D eigenvalue weighted by Crippen LogP contribution is 2.30. The molecule has 1 unspecified atom stereocenters. The van der Waals surface area contributed by atoms with E-state index in [0.717, 1.165) is 25.6 Å². The van der Waals surface area contributed by atoms with Crippen molar-refractivity contribution in [1.82, 2.24) is 9.21 Å². The van der Waals surface area contributed by atoms with E-state index in [1.165, 1.54) is 12.8 Å². The van der Waals surface area contributed by atoms with Crippen molar-refractivity contribution < 1.29 is 8.42 Å². The van der Waals surface area contributed by atoms with Gasteiger partial charge in [-0.15, -0.1) is 0 Å². The van der Waals surface area contributed by atoms with Gasteiger partial charge >= 0.3 is 0 Å². The van der Waals surface area contributed by atoms with Crippen molar-refractivity contribution in [3.05, 3.63) is 0 Å². The summed E-state index contributed by atoms with van der Waals surface area (Å²) in [7, 11) is -3.37. The summed E-state index contributed by atoms with van der Waals surface area (Å²) in [5, 5.41) is -0.711. The van der Waals surface area contributed by atoms with Gasteiger partial charge < -0.3 is 10.6 Å². The van der Waals surface area contributed by atoms with Crippen LogP contribution in [0.5, 0.6) is 0 Å². The molecule has 0 radical (unpaired) electrons. The molecule has 19 heavy (non-hydrogen) atoms. The van der Waals surface area contributed by atoms with Crippen LogP contribution in [0.1, 0.15) is 26.2 Å². The van der Waals surface area contributed by atoms with E-state index in [-0.39, 0.29) is 4.99 Å². The summed E-state index contributed by atoms with van der Waals surface area (Å²) in [6, 6.07) is 0. The van der Waals surface area contributed by atoms with Crippen molar-refractivity contribution in [2.45, 2.75) is 31.4 Å². The van der Waals surface area contributed by atoms with E-state index < -0.39 is 15.3 Å². The second-order valence-electron chi connectivity index (χ2n) is 5.49. The molecule has 0 spiro atoms. The number of hydrogen-bond donors (Lipinski definition) is 1.